The van der Waals surface area contributed by atoms with Gasteiger partial charge in [0.1, 0.15) is 0 Å². The Kier molecular flexibility index (Phi) is 8.66. The van der Waals surface area contributed by atoms with Gasteiger partial charge in [0.05, 0.1) is 0 Å². The number of sulfonamides is 2. The van der Waals surface area contributed by atoms with Crippen molar-refractivity contribution in [2.75, 3.05) is 13.1 Å². The van der Waals surface area contributed by atoms with Crippen molar-refractivity contribution < 1.29 is 52.8 Å². The Hall–Kier alpha value is -3.28. The molecule has 0 aliphatic carbocycles. The number of pyridine rings is 2. The van der Waals surface area contributed by atoms with Crippen LogP contribution in [0.4, 0.5) is 26.3 Å². The van der Waals surface area contributed by atoms with E-state index < -0.39 is 77.4 Å². The van der Waals surface area contributed by atoms with Crippen LogP contribution in [0.1, 0.15) is 11.1 Å². The molecule has 2 amide bonds. The molecule has 0 aliphatic rings. The number of hydrogen-bond donors (Lipinski definition) is 0. The van der Waals surface area contributed by atoms with E-state index in [1.165, 1.54) is 49.1 Å². The maximum Gasteiger partial charge on any atom is 0.516 e. The zero-order chi connectivity index (χ0) is 27.4. The van der Waals surface area contributed by atoms with Gasteiger partial charge in [0.25, 0.3) is 0 Å². The van der Waals surface area contributed by atoms with E-state index in [2.05, 4.69) is 9.97 Å². The number of carbonyl (C=O) groups excluding carboxylic acids is 2. The number of hydrogen-bond acceptors (Lipinski definition) is 8. The Balaban J connectivity index is 2.47. The molecular formula is C18H16F6N4O6S2. The lowest BCUT2D eigenvalue weighted by Gasteiger charge is -2.27. The van der Waals surface area contributed by atoms with Crippen molar-refractivity contribution in [3.63, 3.8) is 0 Å². The molecule has 0 fully saturated rings. The summed E-state index contributed by atoms with van der Waals surface area (Å²) in [5, 5.41) is 0. The molecule has 0 bridgehead atoms. The van der Waals surface area contributed by atoms with E-state index in [0.717, 1.165) is 0 Å². The molecule has 0 saturated heterocycles. The number of aromatic nitrogens is 2. The van der Waals surface area contributed by atoms with Gasteiger partial charge >= 0.3 is 42.9 Å². The van der Waals surface area contributed by atoms with Gasteiger partial charge in [0.15, 0.2) is 0 Å². The first-order valence-corrected chi connectivity index (χ1v) is 12.4. The van der Waals surface area contributed by atoms with Crippen LogP contribution in [0.25, 0.3) is 0 Å². The quantitative estimate of drug-likeness (QED) is 0.350. The third kappa shape index (κ3) is 6.48. The molecule has 2 heterocycles. The molecule has 2 rings (SSSR count). The highest BCUT2D eigenvalue weighted by atomic mass is 32.2. The molecule has 2 aromatic heterocycles. The molecule has 10 nitrogen and oxygen atoms in total. The average Bonchev–Trinajstić information content (AvgIpc) is 2.78. The van der Waals surface area contributed by atoms with E-state index >= 15 is 0 Å². The molecule has 0 radical (unpaired) electrons. The Morgan fingerprint density at radius 3 is 1.17 bits per heavy atom. The first-order valence-electron chi connectivity index (χ1n) is 9.54. The minimum Gasteiger partial charge on any atom is -0.265 e. The maximum absolute atomic E-state index is 13.2. The van der Waals surface area contributed by atoms with E-state index in [0.29, 0.717) is 0 Å². The first-order chi connectivity index (χ1) is 16.5. The fourth-order valence-corrected chi connectivity index (χ4v) is 4.44. The SMILES string of the molecule is O=C(C(=O)N(CCc1ccncc1)S(=O)(=O)C(F)(F)F)N(CCc1ccncc1)S(=O)(=O)C(F)(F)F. The number of alkyl halides is 6. The van der Waals surface area contributed by atoms with Gasteiger partial charge in [0, 0.05) is 37.9 Å². The summed E-state index contributed by atoms with van der Waals surface area (Å²) < 4.78 is 125. The molecule has 0 aliphatic heterocycles. The molecule has 0 saturated carbocycles. The Bertz CT molecular complexity index is 1190. The van der Waals surface area contributed by atoms with Gasteiger partial charge in [-0.1, -0.05) is 0 Å². The monoisotopic (exact) mass is 562 g/mol. The second kappa shape index (κ2) is 10.8. The summed E-state index contributed by atoms with van der Waals surface area (Å²) in [7, 11) is -13.2. The molecule has 0 atom stereocenters. The van der Waals surface area contributed by atoms with E-state index in [1.807, 2.05) is 0 Å². The van der Waals surface area contributed by atoms with Crippen molar-refractivity contribution in [2.45, 2.75) is 23.9 Å². The number of rotatable bonds is 8. The molecule has 0 spiro atoms. The predicted molar refractivity (Wildman–Crippen MR) is 109 cm³/mol. The molecule has 36 heavy (non-hydrogen) atoms. The van der Waals surface area contributed by atoms with Gasteiger partial charge in [-0.2, -0.15) is 43.2 Å². The third-order valence-corrected chi connectivity index (χ3v) is 7.53. The molecular weight excluding hydrogens is 546 g/mol. The van der Waals surface area contributed by atoms with E-state index in [4.69, 9.17) is 0 Å². The van der Waals surface area contributed by atoms with Crippen LogP contribution in [0, 0.1) is 0 Å². The maximum atomic E-state index is 13.2. The van der Waals surface area contributed by atoms with Crippen LogP contribution in [0.2, 0.25) is 0 Å². The van der Waals surface area contributed by atoms with Crippen molar-refractivity contribution >= 4 is 31.9 Å². The normalized spacial score (nSPS) is 12.7. The van der Waals surface area contributed by atoms with Crippen LogP contribution in [0.3, 0.4) is 0 Å². The van der Waals surface area contributed by atoms with E-state index in [1.54, 1.807) is 0 Å². The predicted octanol–water partition coefficient (Wildman–Crippen LogP) is 1.62. The summed E-state index contributed by atoms with van der Waals surface area (Å²) >= 11 is 0. The number of halogens is 6. The Morgan fingerprint density at radius 1 is 0.639 bits per heavy atom. The summed E-state index contributed by atoms with van der Waals surface area (Å²) in [6.07, 6.45) is 3.53. The second-order valence-corrected chi connectivity index (χ2v) is 10.6. The van der Waals surface area contributed by atoms with Gasteiger partial charge < -0.3 is 0 Å². The van der Waals surface area contributed by atoms with Crippen LogP contribution in [-0.4, -0.2) is 71.3 Å². The summed E-state index contributed by atoms with van der Waals surface area (Å²) in [5.41, 5.74) is -12.0. The largest absolute Gasteiger partial charge is 0.516 e. The lowest BCUT2D eigenvalue weighted by Crippen LogP contribution is -2.55. The molecule has 0 aromatic carbocycles. The minimum atomic E-state index is -6.60. The van der Waals surface area contributed by atoms with Crippen LogP contribution in [-0.2, 0) is 42.5 Å². The van der Waals surface area contributed by atoms with Gasteiger partial charge in [-0.25, -0.2) is 8.61 Å². The molecule has 2 aromatic rings. The van der Waals surface area contributed by atoms with Crippen LogP contribution in [0.15, 0.2) is 49.1 Å². The summed E-state index contributed by atoms with van der Waals surface area (Å²) in [6.45, 7) is -2.67. The highest BCUT2D eigenvalue weighted by Gasteiger charge is 2.56. The van der Waals surface area contributed by atoms with Gasteiger partial charge in [0.2, 0.25) is 0 Å². The van der Waals surface area contributed by atoms with Crippen LogP contribution >= 0.6 is 0 Å². The van der Waals surface area contributed by atoms with Gasteiger partial charge in [-0.05, 0) is 48.2 Å². The standard InChI is InChI=1S/C18H16F6N4O6S2/c19-17(20,21)35(31,32)27(11-5-13-1-7-25-8-2-13)15(29)16(30)28(36(33,34)18(22,23)24)12-6-14-3-9-26-10-4-14/h1-4,7-10H,5-6,11-12H2. The van der Waals surface area contributed by atoms with Crippen LogP contribution in [0.5, 0.6) is 0 Å². The molecule has 0 N–H and O–H groups in total. The first kappa shape index (κ1) is 29.0. The Labute approximate surface area is 200 Å². The van der Waals surface area contributed by atoms with Gasteiger partial charge in [-0.15, -0.1) is 0 Å². The zero-order valence-electron chi connectivity index (χ0n) is 17.8. The fraction of sp³-hybridized carbons (Fsp3) is 0.333. The highest BCUT2D eigenvalue weighted by molar-refractivity contribution is 7.91. The highest BCUT2D eigenvalue weighted by Crippen LogP contribution is 2.30. The van der Waals surface area contributed by atoms with Crippen molar-refractivity contribution in [1.29, 1.82) is 0 Å². The van der Waals surface area contributed by atoms with Crippen LogP contribution < -0.4 is 0 Å². The van der Waals surface area contributed by atoms with Gasteiger partial charge in [-0.3, -0.25) is 19.6 Å². The zero-order valence-corrected chi connectivity index (χ0v) is 19.4. The summed E-state index contributed by atoms with van der Waals surface area (Å²) in [4.78, 5) is 32.4. The minimum absolute atomic E-state index is 0.157. The number of amides is 2. The molecule has 198 valence electrons. The molecule has 18 heteroatoms. The van der Waals surface area contributed by atoms with E-state index in [-0.39, 0.29) is 11.1 Å². The summed E-state index contributed by atoms with van der Waals surface area (Å²) in [5.74, 6) is -5.27. The topological polar surface area (TPSA) is 135 Å². The van der Waals surface area contributed by atoms with E-state index in [9.17, 15) is 52.8 Å². The number of nitrogens with zero attached hydrogens (tertiary/aromatic N) is 4. The fourth-order valence-electron chi connectivity index (χ4n) is 2.69. The lowest BCUT2D eigenvalue weighted by molar-refractivity contribution is -0.147. The summed E-state index contributed by atoms with van der Waals surface area (Å²) in [6, 6.07) is 4.94. The van der Waals surface area contributed by atoms with Crippen molar-refractivity contribution in [2.24, 2.45) is 0 Å². The Morgan fingerprint density at radius 2 is 0.917 bits per heavy atom. The lowest BCUT2D eigenvalue weighted by atomic mass is 10.2. The number of carbonyl (C=O) groups is 2. The average molecular weight is 562 g/mol. The molecule has 0 unspecified atom stereocenters. The smallest absolute Gasteiger partial charge is 0.265 e. The van der Waals surface area contributed by atoms with Crippen molar-refractivity contribution in [3.05, 3.63) is 60.2 Å². The van der Waals surface area contributed by atoms with Crippen molar-refractivity contribution in [3.8, 4) is 0 Å². The third-order valence-electron chi connectivity index (χ3n) is 4.51. The van der Waals surface area contributed by atoms with Crippen molar-refractivity contribution in [1.82, 2.24) is 18.6 Å². The second-order valence-electron chi connectivity index (χ2n) is 6.87.